The van der Waals surface area contributed by atoms with Crippen LogP contribution in [0.1, 0.15) is 5.56 Å². The SMILES string of the molecule is CN(C(=O)/C(=C\C(=O)O)c1ccccc1)c1nc(-c2ccccc2Cl)cs1. The molecule has 1 heterocycles. The van der Waals surface area contributed by atoms with E-state index in [-0.39, 0.29) is 5.57 Å². The van der Waals surface area contributed by atoms with E-state index in [9.17, 15) is 9.59 Å². The molecule has 1 N–H and O–H groups in total. The van der Waals surface area contributed by atoms with Crippen LogP contribution in [0.4, 0.5) is 5.13 Å². The van der Waals surface area contributed by atoms with Gasteiger partial charge in [0.15, 0.2) is 5.13 Å². The zero-order valence-corrected chi connectivity index (χ0v) is 15.9. The Kier molecular flexibility index (Phi) is 5.69. The van der Waals surface area contributed by atoms with Crippen molar-refractivity contribution >= 4 is 45.5 Å². The third kappa shape index (κ3) is 4.24. The van der Waals surface area contributed by atoms with Gasteiger partial charge in [0.2, 0.25) is 0 Å². The maximum atomic E-state index is 12.9. The van der Waals surface area contributed by atoms with Gasteiger partial charge < -0.3 is 5.11 Å². The normalized spacial score (nSPS) is 11.3. The zero-order valence-electron chi connectivity index (χ0n) is 14.3. The maximum Gasteiger partial charge on any atom is 0.329 e. The average Bonchev–Trinajstić information content (AvgIpc) is 3.16. The van der Waals surface area contributed by atoms with E-state index in [1.54, 1.807) is 43.4 Å². The monoisotopic (exact) mass is 398 g/mol. The van der Waals surface area contributed by atoms with Crippen LogP contribution in [-0.4, -0.2) is 29.0 Å². The second kappa shape index (κ2) is 8.16. The van der Waals surface area contributed by atoms with Gasteiger partial charge in [-0.25, -0.2) is 9.78 Å². The lowest BCUT2D eigenvalue weighted by molar-refractivity contribution is -0.131. The number of aromatic nitrogens is 1. The topological polar surface area (TPSA) is 70.5 Å². The number of anilines is 1. The summed E-state index contributed by atoms with van der Waals surface area (Å²) in [5.74, 6) is -1.64. The first-order valence-corrected chi connectivity index (χ1v) is 9.21. The highest BCUT2D eigenvalue weighted by Gasteiger charge is 2.21. The third-order valence-corrected chi connectivity index (χ3v) is 5.06. The number of likely N-dealkylation sites (N-methyl/N-ethyl adjacent to an activating group) is 1. The molecule has 5 nitrogen and oxygen atoms in total. The number of carbonyl (C=O) groups excluding carboxylic acids is 1. The molecule has 0 aliphatic carbocycles. The van der Waals surface area contributed by atoms with Gasteiger partial charge in [-0.2, -0.15) is 0 Å². The number of carbonyl (C=O) groups is 2. The van der Waals surface area contributed by atoms with Crippen LogP contribution in [0.3, 0.4) is 0 Å². The molecule has 0 unspecified atom stereocenters. The van der Waals surface area contributed by atoms with Gasteiger partial charge in [-0.1, -0.05) is 60.1 Å². The number of aliphatic carboxylic acids is 1. The number of halogens is 1. The minimum absolute atomic E-state index is 0.0834. The molecule has 0 saturated carbocycles. The van der Waals surface area contributed by atoms with Gasteiger partial charge in [0.25, 0.3) is 5.91 Å². The van der Waals surface area contributed by atoms with Gasteiger partial charge in [-0.15, -0.1) is 11.3 Å². The number of hydrogen-bond acceptors (Lipinski definition) is 4. The van der Waals surface area contributed by atoms with Crippen LogP contribution < -0.4 is 4.90 Å². The lowest BCUT2D eigenvalue weighted by Crippen LogP contribution is -2.27. The first kappa shape index (κ1) is 18.8. The fraction of sp³-hybridized carbons (Fsp3) is 0.0500. The van der Waals surface area contributed by atoms with E-state index in [1.165, 1.54) is 16.2 Å². The molecule has 2 aromatic carbocycles. The Morgan fingerprint density at radius 1 is 1.11 bits per heavy atom. The van der Waals surface area contributed by atoms with Gasteiger partial charge in [0.1, 0.15) is 0 Å². The van der Waals surface area contributed by atoms with Gasteiger partial charge >= 0.3 is 5.97 Å². The fourth-order valence-corrected chi connectivity index (χ4v) is 3.51. The van der Waals surface area contributed by atoms with Crippen molar-refractivity contribution in [2.45, 2.75) is 0 Å². The summed E-state index contributed by atoms with van der Waals surface area (Å²) in [4.78, 5) is 29.9. The summed E-state index contributed by atoms with van der Waals surface area (Å²) in [7, 11) is 1.57. The number of hydrogen-bond donors (Lipinski definition) is 1. The number of benzene rings is 2. The van der Waals surface area contributed by atoms with E-state index in [2.05, 4.69) is 4.98 Å². The predicted molar refractivity (Wildman–Crippen MR) is 108 cm³/mol. The summed E-state index contributed by atoms with van der Waals surface area (Å²) < 4.78 is 0. The Morgan fingerprint density at radius 3 is 2.44 bits per heavy atom. The van der Waals surface area contributed by atoms with E-state index in [1.807, 2.05) is 23.6 Å². The van der Waals surface area contributed by atoms with Crippen LogP contribution in [0.2, 0.25) is 5.02 Å². The van der Waals surface area contributed by atoms with Crippen LogP contribution >= 0.6 is 22.9 Å². The molecule has 1 aromatic heterocycles. The Hall–Kier alpha value is -2.96. The molecule has 0 bridgehead atoms. The molecule has 136 valence electrons. The molecule has 0 fully saturated rings. The first-order valence-electron chi connectivity index (χ1n) is 7.96. The standard InChI is InChI=1S/C20H15ClN2O3S/c1-23(19(26)15(11-18(24)25)13-7-3-2-4-8-13)20-22-17(12-27-20)14-9-5-6-10-16(14)21/h2-12H,1H3,(H,24,25)/b15-11-. The van der Waals surface area contributed by atoms with E-state index in [0.717, 1.165) is 11.6 Å². The van der Waals surface area contributed by atoms with Crippen molar-refractivity contribution in [2.75, 3.05) is 11.9 Å². The second-order valence-corrected chi connectivity index (χ2v) is 6.87. The van der Waals surface area contributed by atoms with E-state index >= 15 is 0 Å². The molecule has 0 aliphatic heterocycles. The number of thiazole rings is 1. The molecule has 3 rings (SSSR count). The van der Waals surface area contributed by atoms with Crippen molar-refractivity contribution in [3.63, 3.8) is 0 Å². The molecule has 0 aliphatic rings. The number of amides is 1. The minimum atomic E-state index is -1.19. The summed E-state index contributed by atoms with van der Waals surface area (Å²) in [6.07, 6.45) is 0.913. The Morgan fingerprint density at radius 2 is 1.78 bits per heavy atom. The summed E-state index contributed by atoms with van der Waals surface area (Å²) in [6.45, 7) is 0. The highest BCUT2D eigenvalue weighted by atomic mass is 35.5. The summed E-state index contributed by atoms with van der Waals surface area (Å²) in [6, 6.07) is 16.0. The summed E-state index contributed by atoms with van der Waals surface area (Å²) in [5.41, 5.74) is 2.04. The van der Waals surface area contributed by atoms with Crippen molar-refractivity contribution in [3.8, 4) is 11.3 Å². The van der Waals surface area contributed by atoms with Gasteiger partial charge in [-0.05, 0) is 11.6 Å². The van der Waals surface area contributed by atoms with Crippen LogP contribution in [0.25, 0.3) is 16.8 Å². The molecule has 0 atom stereocenters. The lowest BCUT2D eigenvalue weighted by Gasteiger charge is -2.16. The Bertz CT molecular complexity index is 1010. The molecule has 0 radical (unpaired) electrons. The zero-order chi connectivity index (χ0) is 19.4. The minimum Gasteiger partial charge on any atom is -0.478 e. The molecule has 0 saturated heterocycles. The number of rotatable bonds is 5. The smallest absolute Gasteiger partial charge is 0.329 e. The van der Waals surface area contributed by atoms with Gasteiger partial charge in [-0.3, -0.25) is 9.69 Å². The van der Waals surface area contributed by atoms with E-state index < -0.39 is 11.9 Å². The van der Waals surface area contributed by atoms with Gasteiger partial charge in [0.05, 0.1) is 11.3 Å². The van der Waals surface area contributed by atoms with Gasteiger partial charge in [0, 0.05) is 29.1 Å². The Labute approximate surface area is 165 Å². The van der Waals surface area contributed by atoms with E-state index in [0.29, 0.717) is 21.4 Å². The molecule has 3 aromatic rings. The molecular weight excluding hydrogens is 384 g/mol. The second-order valence-electron chi connectivity index (χ2n) is 5.62. The molecule has 27 heavy (non-hydrogen) atoms. The largest absolute Gasteiger partial charge is 0.478 e. The Balaban J connectivity index is 1.93. The number of carboxylic acids is 1. The lowest BCUT2D eigenvalue weighted by atomic mass is 10.0. The third-order valence-electron chi connectivity index (χ3n) is 3.82. The maximum absolute atomic E-state index is 12.9. The van der Waals surface area contributed by atoms with Crippen LogP contribution in [0.5, 0.6) is 0 Å². The molecule has 7 heteroatoms. The fourth-order valence-electron chi connectivity index (χ4n) is 2.49. The summed E-state index contributed by atoms with van der Waals surface area (Å²) in [5, 5.41) is 12.0. The highest BCUT2D eigenvalue weighted by Crippen LogP contribution is 2.32. The highest BCUT2D eigenvalue weighted by molar-refractivity contribution is 7.14. The van der Waals surface area contributed by atoms with Crippen molar-refractivity contribution in [2.24, 2.45) is 0 Å². The molecule has 1 amide bonds. The van der Waals surface area contributed by atoms with Crippen LogP contribution in [0.15, 0.2) is 66.1 Å². The van der Waals surface area contributed by atoms with Crippen molar-refractivity contribution in [1.82, 2.24) is 4.98 Å². The number of nitrogens with zero attached hydrogens (tertiary/aromatic N) is 2. The predicted octanol–water partition coefficient (Wildman–Crippen LogP) is 4.59. The van der Waals surface area contributed by atoms with Crippen molar-refractivity contribution in [1.29, 1.82) is 0 Å². The quantitative estimate of drug-likeness (QED) is 0.638. The molecule has 0 spiro atoms. The summed E-state index contributed by atoms with van der Waals surface area (Å²) >= 11 is 7.49. The van der Waals surface area contributed by atoms with Crippen LogP contribution in [-0.2, 0) is 9.59 Å². The average molecular weight is 399 g/mol. The van der Waals surface area contributed by atoms with Crippen molar-refractivity contribution in [3.05, 3.63) is 76.6 Å². The van der Waals surface area contributed by atoms with Crippen molar-refractivity contribution < 1.29 is 14.7 Å². The van der Waals surface area contributed by atoms with E-state index in [4.69, 9.17) is 16.7 Å². The number of carboxylic acid groups (broad SMARTS) is 1. The first-order chi connectivity index (χ1) is 13.0. The van der Waals surface area contributed by atoms with Crippen LogP contribution in [0, 0.1) is 0 Å². The molecular formula is C20H15ClN2O3S.